The van der Waals surface area contributed by atoms with Gasteiger partial charge in [0.2, 0.25) is 0 Å². The van der Waals surface area contributed by atoms with E-state index in [2.05, 4.69) is 10.3 Å². The number of nitrogens with one attached hydrogen (secondary N) is 2. The molecule has 0 unspecified atom stereocenters. The van der Waals surface area contributed by atoms with Crippen molar-refractivity contribution >= 4 is 44.7 Å². The van der Waals surface area contributed by atoms with Crippen LogP contribution in [0.5, 0.6) is 5.75 Å². The second-order valence-corrected chi connectivity index (χ2v) is 5.65. The minimum Gasteiger partial charge on any atom is -0.505 e. The molecule has 106 valence electrons. The van der Waals surface area contributed by atoms with Gasteiger partial charge in [-0.25, -0.2) is 0 Å². The standard InChI is InChI=1S/C14H9ClN2O3S/c15-7-1-3-8(4-2-7)16-13(19)10-11(18)12-9(5-6-21-12)17-14(10)20/h1-6H,(H,16,19)(H2,17,18,20). The summed E-state index contributed by atoms with van der Waals surface area (Å²) in [7, 11) is 0. The second-order valence-electron chi connectivity index (χ2n) is 4.30. The van der Waals surface area contributed by atoms with Gasteiger partial charge >= 0.3 is 0 Å². The molecule has 1 amide bonds. The molecule has 0 fully saturated rings. The van der Waals surface area contributed by atoms with Crippen LogP contribution in [0, 0.1) is 0 Å². The predicted octanol–water partition coefficient (Wildman–Crippen LogP) is 3.20. The number of amides is 1. The molecule has 2 aromatic heterocycles. The number of aromatic nitrogens is 1. The lowest BCUT2D eigenvalue weighted by Gasteiger charge is -2.07. The van der Waals surface area contributed by atoms with E-state index in [4.69, 9.17) is 11.6 Å². The van der Waals surface area contributed by atoms with Crippen LogP contribution in [-0.4, -0.2) is 16.0 Å². The minimum atomic E-state index is -0.675. The molecule has 3 rings (SSSR count). The highest BCUT2D eigenvalue weighted by Gasteiger charge is 2.19. The van der Waals surface area contributed by atoms with Gasteiger partial charge in [-0.1, -0.05) is 11.6 Å². The van der Waals surface area contributed by atoms with E-state index in [-0.39, 0.29) is 11.3 Å². The lowest BCUT2D eigenvalue weighted by molar-refractivity contribution is 0.102. The number of benzene rings is 1. The van der Waals surface area contributed by atoms with E-state index in [0.29, 0.717) is 20.9 Å². The Balaban J connectivity index is 2.01. The van der Waals surface area contributed by atoms with Crippen molar-refractivity contribution in [1.82, 2.24) is 4.98 Å². The average Bonchev–Trinajstić information content (AvgIpc) is 2.90. The number of hydrogen-bond donors (Lipinski definition) is 3. The Hall–Kier alpha value is -2.31. The zero-order valence-corrected chi connectivity index (χ0v) is 12.1. The fourth-order valence-electron chi connectivity index (χ4n) is 1.93. The third-order valence-electron chi connectivity index (χ3n) is 2.92. The van der Waals surface area contributed by atoms with Crippen LogP contribution in [0.25, 0.3) is 10.2 Å². The molecule has 0 saturated carbocycles. The Kier molecular flexibility index (Phi) is 3.40. The van der Waals surface area contributed by atoms with Crippen molar-refractivity contribution in [3.63, 3.8) is 0 Å². The largest absolute Gasteiger partial charge is 0.505 e. The Morgan fingerprint density at radius 3 is 2.67 bits per heavy atom. The topological polar surface area (TPSA) is 82.2 Å². The highest BCUT2D eigenvalue weighted by molar-refractivity contribution is 7.17. The molecule has 5 nitrogen and oxygen atoms in total. The van der Waals surface area contributed by atoms with Crippen LogP contribution in [0.2, 0.25) is 5.02 Å². The molecule has 2 heterocycles. The summed E-state index contributed by atoms with van der Waals surface area (Å²) in [4.78, 5) is 26.7. The number of aromatic hydroxyl groups is 1. The number of carbonyl (C=O) groups is 1. The Morgan fingerprint density at radius 2 is 1.95 bits per heavy atom. The molecule has 0 bridgehead atoms. The quantitative estimate of drug-likeness (QED) is 0.678. The van der Waals surface area contributed by atoms with Crippen LogP contribution in [0.1, 0.15) is 10.4 Å². The van der Waals surface area contributed by atoms with Gasteiger partial charge in [0, 0.05) is 10.7 Å². The van der Waals surface area contributed by atoms with Crippen LogP contribution in [0.15, 0.2) is 40.5 Å². The molecule has 0 saturated heterocycles. The Labute approximate surface area is 127 Å². The molecule has 21 heavy (non-hydrogen) atoms. The third kappa shape index (κ3) is 2.51. The van der Waals surface area contributed by atoms with Crippen LogP contribution < -0.4 is 10.9 Å². The van der Waals surface area contributed by atoms with Gasteiger partial charge in [0.05, 0.1) is 10.2 Å². The molecule has 0 aliphatic rings. The van der Waals surface area contributed by atoms with Crippen molar-refractivity contribution < 1.29 is 9.90 Å². The molecule has 0 atom stereocenters. The van der Waals surface area contributed by atoms with Crippen molar-refractivity contribution in [2.75, 3.05) is 5.32 Å². The van der Waals surface area contributed by atoms with E-state index < -0.39 is 11.5 Å². The van der Waals surface area contributed by atoms with Gasteiger partial charge in [-0.15, -0.1) is 11.3 Å². The molecule has 7 heteroatoms. The van der Waals surface area contributed by atoms with E-state index in [9.17, 15) is 14.7 Å². The Bertz CT molecular complexity index is 883. The van der Waals surface area contributed by atoms with E-state index in [1.807, 2.05) is 0 Å². The SMILES string of the molecule is O=C(Nc1ccc(Cl)cc1)c1c(O)c2sccc2[nH]c1=O. The van der Waals surface area contributed by atoms with Crippen molar-refractivity contribution in [2.24, 2.45) is 0 Å². The van der Waals surface area contributed by atoms with Gasteiger partial charge in [0.25, 0.3) is 11.5 Å². The zero-order chi connectivity index (χ0) is 15.0. The summed E-state index contributed by atoms with van der Waals surface area (Å²) in [6.07, 6.45) is 0. The number of fused-ring (bicyclic) bond motifs is 1. The Morgan fingerprint density at radius 1 is 1.24 bits per heavy atom. The number of aromatic amines is 1. The normalized spacial score (nSPS) is 10.7. The highest BCUT2D eigenvalue weighted by Crippen LogP contribution is 2.29. The molecule has 0 radical (unpaired) electrons. The van der Waals surface area contributed by atoms with Gasteiger partial charge in [-0.3, -0.25) is 9.59 Å². The zero-order valence-electron chi connectivity index (χ0n) is 10.5. The number of pyridine rings is 1. The lowest BCUT2D eigenvalue weighted by Crippen LogP contribution is -2.23. The van der Waals surface area contributed by atoms with Crippen LogP contribution in [0.4, 0.5) is 5.69 Å². The van der Waals surface area contributed by atoms with Gasteiger partial charge < -0.3 is 15.4 Å². The van der Waals surface area contributed by atoms with E-state index in [1.165, 1.54) is 11.3 Å². The van der Waals surface area contributed by atoms with Gasteiger partial charge in [0.1, 0.15) is 5.56 Å². The monoisotopic (exact) mass is 320 g/mol. The maximum absolute atomic E-state index is 12.2. The second kappa shape index (κ2) is 5.23. The summed E-state index contributed by atoms with van der Waals surface area (Å²) < 4.78 is 0.468. The first-order valence-electron chi connectivity index (χ1n) is 5.95. The summed E-state index contributed by atoms with van der Waals surface area (Å²) in [5.74, 6) is -0.985. The number of hydrogen-bond acceptors (Lipinski definition) is 4. The maximum atomic E-state index is 12.2. The predicted molar refractivity (Wildman–Crippen MR) is 83.5 cm³/mol. The van der Waals surface area contributed by atoms with Gasteiger partial charge in [-0.2, -0.15) is 0 Å². The maximum Gasteiger partial charge on any atom is 0.265 e. The first-order chi connectivity index (χ1) is 10.1. The van der Waals surface area contributed by atoms with E-state index >= 15 is 0 Å². The van der Waals surface area contributed by atoms with Crippen molar-refractivity contribution in [3.8, 4) is 5.75 Å². The summed E-state index contributed by atoms with van der Waals surface area (Å²) in [5, 5.41) is 14.9. The van der Waals surface area contributed by atoms with E-state index in [0.717, 1.165) is 0 Å². The van der Waals surface area contributed by atoms with Crippen molar-refractivity contribution in [2.45, 2.75) is 0 Å². The van der Waals surface area contributed by atoms with Crippen LogP contribution in [-0.2, 0) is 0 Å². The summed E-state index contributed by atoms with van der Waals surface area (Å²) >= 11 is 7.01. The summed E-state index contributed by atoms with van der Waals surface area (Å²) in [6.45, 7) is 0. The molecule has 1 aromatic carbocycles. The number of carbonyl (C=O) groups excluding carboxylic acids is 1. The third-order valence-corrected chi connectivity index (χ3v) is 4.09. The number of rotatable bonds is 2. The molecule has 3 aromatic rings. The van der Waals surface area contributed by atoms with E-state index in [1.54, 1.807) is 35.7 Å². The first-order valence-corrected chi connectivity index (χ1v) is 7.21. The van der Waals surface area contributed by atoms with Crippen molar-refractivity contribution in [1.29, 1.82) is 0 Å². The van der Waals surface area contributed by atoms with Crippen LogP contribution in [0.3, 0.4) is 0 Å². The molecular formula is C14H9ClN2O3S. The number of H-pyrrole nitrogens is 1. The van der Waals surface area contributed by atoms with Crippen molar-refractivity contribution in [3.05, 3.63) is 56.7 Å². The van der Waals surface area contributed by atoms with Crippen LogP contribution >= 0.6 is 22.9 Å². The summed E-state index contributed by atoms with van der Waals surface area (Å²) in [6, 6.07) is 8.11. The fraction of sp³-hybridized carbons (Fsp3) is 0. The molecule has 0 aliphatic heterocycles. The van der Waals surface area contributed by atoms with Gasteiger partial charge in [0.15, 0.2) is 5.75 Å². The fourth-order valence-corrected chi connectivity index (χ4v) is 2.86. The number of halogens is 1. The molecule has 0 aliphatic carbocycles. The first kappa shape index (κ1) is 13.7. The van der Waals surface area contributed by atoms with Gasteiger partial charge in [-0.05, 0) is 35.7 Å². The smallest absolute Gasteiger partial charge is 0.265 e. The number of anilines is 1. The number of thiophene rings is 1. The summed E-state index contributed by atoms with van der Waals surface area (Å²) in [5.41, 5.74) is 0.0461. The minimum absolute atomic E-state index is 0.306. The molecule has 0 spiro atoms. The average molecular weight is 321 g/mol. The lowest BCUT2D eigenvalue weighted by atomic mass is 10.2. The highest BCUT2D eigenvalue weighted by atomic mass is 35.5. The molecular weight excluding hydrogens is 312 g/mol. The molecule has 3 N–H and O–H groups in total.